The first-order valence-electron chi connectivity index (χ1n) is 5.67. The van der Waals surface area contributed by atoms with E-state index < -0.39 is 0 Å². The van der Waals surface area contributed by atoms with Crippen LogP contribution in [0.5, 0.6) is 0 Å². The van der Waals surface area contributed by atoms with Gasteiger partial charge in [-0.2, -0.15) is 0 Å². The molecule has 3 rings (SSSR count). The Bertz CT molecular complexity index is 485. The van der Waals surface area contributed by atoms with Crippen molar-refractivity contribution in [1.29, 1.82) is 0 Å². The molecule has 1 aromatic rings. The lowest BCUT2D eigenvalue weighted by Gasteiger charge is -2.23. The van der Waals surface area contributed by atoms with Gasteiger partial charge in [-0.05, 0) is 30.0 Å². The Kier molecular flexibility index (Phi) is 2.18. The molecule has 0 spiro atoms. The molecular formula is C14H14O2. The van der Waals surface area contributed by atoms with Crippen LogP contribution in [0.15, 0.2) is 29.8 Å². The van der Waals surface area contributed by atoms with E-state index in [2.05, 4.69) is 6.07 Å². The maximum atomic E-state index is 11.8. The summed E-state index contributed by atoms with van der Waals surface area (Å²) in [6.45, 7) is 3.05. The zero-order valence-corrected chi connectivity index (χ0v) is 9.32. The van der Waals surface area contributed by atoms with Gasteiger partial charge in [0.2, 0.25) is 0 Å². The summed E-state index contributed by atoms with van der Waals surface area (Å²) in [5, 5.41) is 0. The molecule has 2 aliphatic rings. The van der Waals surface area contributed by atoms with Crippen LogP contribution >= 0.6 is 0 Å². The predicted molar refractivity (Wildman–Crippen MR) is 62.1 cm³/mol. The zero-order valence-electron chi connectivity index (χ0n) is 9.32. The van der Waals surface area contributed by atoms with Gasteiger partial charge < -0.3 is 4.74 Å². The van der Waals surface area contributed by atoms with Crippen LogP contribution in [-0.4, -0.2) is 19.0 Å². The summed E-state index contributed by atoms with van der Waals surface area (Å²) in [6.07, 6.45) is 1.02. The highest BCUT2D eigenvalue weighted by molar-refractivity contribution is 6.21. The largest absolute Gasteiger partial charge is 0.376 e. The number of carbonyl (C=O) groups excluding carboxylic acids is 1. The summed E-state index contributed by atoms with van der Waals surface area (Å²) >= 11 is 0. The molecule has 1 fully saturated rings. The van der Waals surface area contributed by atoms with Gasteiger partial charge in [0.05, 0.1) is 13.2 Å². The Hall–Kier alpha value is -1.41. The topological polar surface area (TPSA) is 26.3 Å². The summed E-state index contributed by atoms with van der Waals surface area (Å²) in [5.41, 5.74) is 4.52. The third-order valence-corrected chi connectivity index (χ3v) is 3.50. The van der Waals surface area contributed by atoms with Gasteiger partial charge in [0.15, 0.2) is 5.78 Å². The first-order chi connectivity index (χ1) is 7.77. The van der Waals surface area contributed by atoms with Crippen molar-refractivity contribution < 1.29 is 9.53 Å². The van der Waals surface area contributed by atoms with E-state index in [1.54, 1.807) is 6.92 Å². The molecule has 0 N–H and O–H groups in total. The van der Waals surface area contributed by atoms with Gasteiger partial charge in [-0.3, -0.25) is 4.79 Å². The van der Waals surface area contributed by atoms with Crippen LogP contribution in [-0.2, 0) is 16.0 Å². The minimum atomic E-state index is 0.164. The first kappa shape index (κ1) is 9.79. The SMILES string of the molecule is CC(=O)C1=C2COCC2Cc2ccccc21. The van der Waals surface area contributed by atoms with Crippen molar-refractivity contribution in [1.82, 2.24) is 0 Å². The minimum absolute atomic E-state index is 0.164. The lowest BCUT2D eigenvalue weighted by molar-refractivity contribution is -0.111. The molecule has 16 heavy (non-hydrogen) atoms. The molecule has 2 heteroatoms. The summed E-state index contributed by atoms with van der Waals surface area (Å²) in [4.78, 5) is 11.8. The fraction of sp³-hybridized carbons (Fsp3) is 0.357. The number of allylic oxidation sites excluding steroid dienone is 1. The molecule has 1 aliphatic carbocycles. The molecule has 82 valence electrons. The lowest BCUT2D eigenvalue weighted by atomic mass is 9.79. The highest BCUT2D eigenvalue weighted by atomic mass is 16.5. The number of fused-ring (bicyclic) bond motifs is 2. The average Bonchev–Trinajstić information content (AvgIpc) is 2.72. The summed E-state index contributed by atoms with van der Waals surface area (Å²) in [7, 11) is 0. The fourth-order valence-electron chi connectivity index (χ4n) is 2.78. The van der Waals surface area contributed by atoms with Gasteiger partial charge >= 0.3 is 0 Å². The van der Waals surface area contributed by atoms with Gasteiger partial charge in [0.25, 0.3) is 0 Å². The molecule has 1 aromatic carbocycles. The monoisotopic (exact) mass is 214 g/mol. The molecular weight excluding hydrogens is 200 g/mol. The Morgan fingerprint density at radius 3 is 3.00 bits per heavy atom. The smallest absolute Gasteiger partial charge is 0.160 e. The van der Waals surface area contributed by atoms with Crippen LogP contribution in [0.25, 0.3) is 5.57 Å². The van der Waals surface area contributed by atoms with Crippen LogP contribution in [0.2, 0.25) is 0 Å². The molecule has 0 aromatic heterocycles. The van der Waals surface area contributed by atoms with Crippen LogP contribution < -0.4 is 0 Å². The van der Waals surface area contributed by atoms with Crippen LogP contribution in [0.1, 0.15) is 18.1 Å². The van der Waals surface area contributed by atoms with E-state index in [1.165, 1.54) is 11.1 Å². The Balaban J connectivity index is 2.23. The predicted octanol–water partition coefficient (Wildman–Crippen LogP) is 2.23. The lowest BCUT2D eigenvalue weighted by Crippen LogP contribution is -2.18. The van der Waals surface area contributed by atoms with Crippen molar-refractivity contribution in [2.45, 2.75) is 13.3 Å². The maximum Gasteiger partial charge on any atom is 0.160 e. The van der Waals surface area contributed by atoms with E-state index in [0.717, 1.165) is 24.2 Å². The summed E-state index contributed by atoms with van der Waals surface area (Å²) in [5.74, 6) is 0.589. The molecule has 2 nitrogen and oxygen atoms in total. The van der Waals surface area contributed by atoms with Gasteiger partial charge in [-0.15, -0.1) is 0 Å². The highest BCUT2D eigenvalue weighted by Crippen LogP contribution is 2.38. The van der Waals surface area contributed by atoms with E-state index in [-0.39, 0.29) is 5.78 Å². The zero-order chi connectivity index (χ0) is 11.1. The van der Waals surface area contributed by atoms with Crippen LogP contribution in [0, 0.1) is 5.92 Å². The molecule has 1 aliphatic heterocycles. The maximum absolute atomic E-state index is 11.8. The van der Waals surface area contributed by atoms with E-state index in [4.69, 9.17) is 4.74 Å². The summed E-state index contributed by atoms with van der Waals surface area (Å²) in [6, 6.07) is 8.21. The second-order valence-electron chi connectivity index (χ2n) is 4.53. The normalized spacial score (nSPS) is 22.9. The van der Waals surface area contributed by atoms with E-state index in [1.807, 2.05) is 18.2 Å². The van der Waals surface area contributed by atoms with Crippen molar-refractivity contribution in [2.24, 2.45) is 5.92 Å². The number of hydrogen-bond acceptors (Lipinski definition) is 2. The molecule has 1 saturated heterocycles. The second kappa shape index (κ2) is 3.56. The Morgan fingerprint density at radius 2 is 2.19 bits per heavy atom. The Morgan fingerprint density at radius 1 is 1.38 bits per heavy atom. The van der Waals surface area contributed by atoms with Gasteiger partial charge in [0.1, 0.15) is 0 Å². The Labute approximate surface area is 94.9 Å². The van der Waals surface area contributed by atoms with Crippen LogP contribution in [0.4, 0.5) is 0 Å². The average molecular weight is 214 g/mol. The van der Waals surface area contributed by atoms with E-state index >= 15 is 0 Å². The molecule has 1 atom stereocenters. The first-order valence-corrected chi connectivity index (χ1v) is 5.67. The fourth-order valence-corrected chi connectivity index (χ4v) is 2.78. The van der Waals surface area contributed by atoms with E-state index in [0.29, 0.717) is 12.5 Å². The number of benzene rings is 1. The number of carbonyl (C=O) groups is 1. The molecule has 0 bridgehead atoms. The number of Topliss-reactive ketones (excluding diaryl/α,β-unsaturated/α-hetero) is 1. The van der Waals surface area contributed by atoms with Gasteiger partial charge in [0, 0.05) is 11.5 Å². The van der Waals surface area contributed by atoms with Crippen molar-refractivity contribution in [2.75, 3.05) is 13.2 Å². The number of rotatable bonds is 1. The molecule has 1 unspecified atom stereocenters. The third-order valence-electron chi connectivity index (χ3n) is 3.50. The van der Waals surface area contributed by atoms with Crippen molar-refractivity contribution in [3.63, 3.8) is 0 Å². The molecule has 0 amide bonds. The van der Waals surface area contributed by atoms with E-state index in [9.17, 15) is 4.79 Å². The third kappa shape index (κ3) is 1.34. The summed E-state index contributed by atoms with van der Waals surface area (Å²) < 4.78 is 5.49. The molecule has 1 heterocycles. The number of hydrogen-bond donors (Lipinski definition) is 0. The number of ketones is 1. The second-order valence-corrected chi connectivity index (χ2v) is 4.53. The standard InChI is InChI=1S/C14H14O2/c1-9(15)14-12-5-3-2-4-10(12)6-11-7-16-8-13(11)14/h2-5,11H,6-8H2,1H3. The van der Waals surface area contributed by atoms with Crippen molar-refractivity contribution in [3.05, 3.63) is 41.0 Å². The molecule has 0 saturated carbocycles. The quantitative estimate of drug-likeness (QED) is 0.716. The van der Waals surface area contributed by atoms with Crippen molar-refractivity contribution >= 4 is 11.4 Å². The number of ether oxygens (including phenoxy) is 1. The highest BCUT2D eigenvalue weighted by Gasteiger charge is 2.32. The van der Waals surface area contributed by atoms with Crippen molar-refractivity contribution in [3.8, 4) is 0 Å². The van der Waals surface area contributed by atoms with Crippen LogP contribution in [0.3, 0.4) is 0 Å². The van der Waals surface area contributed by atoms with Gasteiger partial charge in [-0.1, -0.05) is 24.3 Å². The molecule has 0 radical (unpaired) electrons. The minimum Gasteiger partial charge on any atom is -0.376 e. The van der Waals surface area contributed by atoms with Gasteiger partial charge in [-0.25, -0.2) is 0 Å².